The average Bonchev–Trinajstić information content (AvgIpc) is 2.63. The van der Waals surface area contributed by atoms with Gasteiger partial charge in [-0.1, -0.05) is 0 Å². The SMILES string of the molecule is Cc1ncn(-c2cc(OC(F)F)c(F)cc2N)c1C. The Balaban J connectivity index is 2.54. The predicted octanol–water partition coefficient (Wildman–Crippen LogP) is 2.81. The first kappa shape index (κ1) is 13.3. The van der Waals surface area contributed by atoms with Crippen LogP contribution in [-0.4, -0.2) is 16.2 Å². The van der Waals surface area contributed by atoms with E-state index in [1.54, 1.807) is 18.4 Å². The number of alkyl halides is 2. The van der Waals surface area contributed by atoms with E-state index in [4.69, 9.17) is 5.73 Å². The van der Waals surface area contributed by atoms with Gasteiger partial charge < -0.3 is 15.0 Å². The maximum atomic E-state index is 13.4. The van der Waals surface area contributed by atoms with E-state index in [1.165, 1.54) is 6.33 Å². The zero-order valence-electron chi connectivity index (χ0n) is 10.3. The molecule has 1 heterocycles. The summed E-state index contributed by atoms with van der Waals surface area (Å²) >= 11 is 0. The van der Waals surface area contributed by atoms with Gasteiger partial charge in [0.15, 0.2) is 11.6 Å². The van der Waals surface area contributed by atoms with Crippen LogP contribution in [0.25, 0.3) is 5.69 Å². The predicted molar refractivity (Wildman–Crippen MR) is 64.0 cm³/mol. The van der Waals surface area contributed by atoms with Crippen molar-refractivity contribution >= 4 is 5.69 Å². The molecule has 0 saturated carbocycles. The normalized spacial score (nSPS) is 11.1. The molecular weight excluding hydrogens is 259 g/mol. The molecule has 0 saturated heterocycles. The van der Waals surface area contributed by atoms with E-state index in [0.717, 1.165) is 23.5 Å². The van der Waals surface area contributed by atoms with Crippen LogP contribution in [0.2, 0.25) is 0 Å². The van der Waals surface area contributed by atoms with Crippen LogP contribution >= 0.6 is 0 Å². The molecule has 0 bridgehead atoms. The van der Waals surface area contributed by atoms with Crippen molar-refractivity contribution in [3.05, 3.63) is 35.7 Å². The number of benzene rings is 1. The third-order valence-electron chi connectivity index (χ3n) is 2.81. The quantitative estimate of drug-likeness (QED) is 0.873. The van der Waals surface area contributed by atoms with Gasteiger partial charge in [-0.2, -0.15) is 8.78 Å². The lowest BCUT2D eigenvalue weighted by atomic mass is 10.2. The molecule has 1 aromatic carbocycles. The van der Waals surface area contributed by atoms with Gasteiger partial charge in [-0.15, -0.1) is 0 Å². The minimum atomic E-state index is -3.10. The standard InChI is InChI=1S/C12H12F3N3O/c1-6-7(2)18(5-17-6)10-4-11(19-12(14)15)8(13)3-9(10)16/h3-5,12H,16H2,1-2H3. The summed E-state index contributed by atoms with van der Waals surface area (Å²) in [6.07, 6.45) is 1.49. The van der Waals surface area contributed by atoms with Gasteiger partial charge in [0.25, 0.3) is 0 Å². The van der Waals surface area contributed by atoms with Gasteiger partial charge in [0, 0.05) is 17.8 Å². The highest BCUT2D eigenvalue weighted by molar-refractivity contribution is 5.61. The van der Waals surface area contributed by atoms with E-state index in [0.29, 0.717) is 5.69 Å². The summed E-state index contributed by atoms with van der Waals surface area (Å²) in [6.45, 7) is 0.484. The molecule has 0 aliphatic carbocycles. The molecule has 0 atom stereocenters. The van der Waals surface area contributed by atoms with E-state index in [9.17, 15) is 13.2 Å². The molecule has 0 aliphatic heterocycles. The van der Waals surface area contributed by atoms with Gasteiger partial charge in [-0.05, 0) is 13.8 Å². The number of rotatable bonds is 3. The zero-order valence-corrected chi connectivity index (χ0v) is 10.3. The second-order valence-electron chi connectivity index (χ2n) is 4.01. The molecule has 0 fully saturated rings. The summed E-state index contributed by atoms with van der Waals surface area (Å²) in [4.78, 5) is 4.07. The maximum Gasteiger partial charge on any atom is 0.387 e. The van der Waals surface area contributed by atoms with E-state index in [1.807, 2.05) is 0 Å². The number of hydrogen-bond acceptors (Lipinski definition) is 3. The Morgan fingerprint density at radius 1 is 1.32 bits per heavy atom. The lowest BCUT2D eigenvalue weighted by Crippen LogP contribution is -2.07. The lowest BCUT2D eigenvalue weighted by Gasteiger charge is -2.12. The first-order chi connectivity index (χ1) is 8.90. The third kappa shape index (κ3) is 2.49. The Labute approximate surface area is 107 Å². The summed E-state index contributed by atoms with van der Waals surface area (Å²) in [7, 11) is 0. The van der Waals surface area contributed by atoms with Crippen molar-refractivity contribution in [3.8, 4) is 11.4 Å². The van der Waals surface area contributed by atoms with Crippen molar-refractivity contribution in [2.24, 2.45) is 0 Å². The van der Waals surface area contributed by atoms with Crippen LogP contribution in [0.4, 0.5) is 18.9 Å². The first-order valence-electron chi connectivity index (χ1n) is 5.45. The number of nitrogens with zero attached hydrogens (tertiary/aromatic N) is 2. The van der Waals surface area contributed by atoms with E-state index < -0.39 is 18.2 Å². The Morgan fingerprint density at radius 2 is 2.00 bits per heavy atom. The van der Waals surface area contributed by atoms with Crippen molar-refractivity contribution in [3.63, 3.8) is 0 Å². The number of ether oxygens (including phenoxy) is 1. The third-order valence-corrected chi connectivity index (χ3v) is 2.81. The van der Waals surface area contributed by atoms with Gasteiger partial charge in [0.2, 0.25) is 0 Å². The smallest absolute Gasteiger partial charge is 0.387 e. The minimum absolute atomic E-state index is 0.111. The molecule has 1 aromatic heterocycles. The van der Waals surface area contributed by atoms with Crippen molar-refractivity contribution in [1.29, 1.82) is 0 Å². The number of nitrogens with two attached hydrogens (primary N) is 1. The fourth-order valence-corrected chi connectivity index (χ4v) is 1.69. The average molecular weight is 271 g/mol. The van der Waals surface area contributed by atoms with Gasteiger partial charge in [-0.3, -0.25) is 0 Å². The monoisotopic (exact) mass is 271 g/mol. The summed E-state index contributed by atoms with van der Waals surface area (Å²) < 4.78 is 43.5. The van der Waals surface area contributed by atoms with Crippen LogP contribution < -0.4 is 10.5 Å². The molecule has 19 heavy (non-hydrogen) atoms. The number of aryl methyl sites for hydroxylation is 1. The van der Waals surface area contributed by atoms with E-state index >= 15 is 0 Å². The first-order valence-corrected chi connectivity index (χ1v) is 5.45. The Bertz CT molecular complexity index is 611. The van der Waals surface area contributed by atoms with Crippen molar-refractivity contribution in [2.75, 3.05) is 5.73 Å². The van der Waals surface area contributed by atoms with E-state index in [-0.39, 0.29) is 5.69 Å². The zero-order chi connectivity index (χ0) is 14.2. The summed E-state index contributed by atoms with van der Waals surface area (Å²) in [5.41, 5.74) is 7.70. The lowest BCUT2D eigenvalue weighted by molar-refractivity contribution is -0.0521. The number of nitrogen functional groups attached to an aromatic ring is 1. The molecule has 2 N–H and O–H groups in total. The minimum Gasteiger partial charge on any atom is -0.432 e. The number of aromatic nitrogens is 2. The van der Waals surface area contributed by atoms with Gasteiger partial charge in [0.1, 0.15) is 0 Å². The Morgan fingerprint density at radius 3 is 2.53 bits per heavy atom. The van der Waals surface area contributed by atoms with Gasteiger partial charge in [-0.25, -0.2) is 9.37 Å². The highest BCUT2D eigenvalue weighted by Crippen LogP contribution is 2.29. The fraction of sp³-hybridized carbons (Fsp3) is 0.250. The summed E-state index contributed by atoms with van der Waals surface area (Å²) in [5.74, 6) is -1.49. The molecule has 0 amide bonds. The molecule has 2 rings (SSSR count). The topological polar surface area (TPSA) is 53.1 Å². The molecule has 0 radical (unpaired) electrons. The molecule has 102 valence electrons. The molecule has 4 nitrogen and oxygen atoms in total. The highest BCUT2D eigenvalue weighted by Gasteiger charge is 2.15. The van der Waals surface area contributed by atoms with Crippen LogP contribution in [0.5, 0.6) is 5.75 Å². The van der Waals surface area contributed by atoms with E-state index in [2.05, 4.69) is 9.72 Å². The summed E-state index contributed by atoms with van der Waals surface area (Å²) in [5, 5.41) is 0. The molecule has 0 spiro atoms. The van der Waals surface area contributed by atoms with Gasteiger partial charge >= 0.3 is 6.61 Å². The van der Waals surface area contributed by atoms with Crippen molar-refractivity contribution in [1.82, 2.24) is 9.55 Å². The molecule has 2 aromatic rings. The molecular formula is C12H12F3N3O. The largest absolute Gasteiger partial charge is 0.432 e. The fourth-order valence-electron chi connectivity index (χ4n) is 1.69. The number of imidazole rings is 1. The second kappa shape index (κ2) is 4.83. The van der Waals surface area contributed by atoms with Crippen molar-refractivity contribution < 1.29 is 17.9 Å². The summed E-state index contributed by atoms with van der Waals surface area (Å²) in [6, 6.07) is 2.08. The van der Waals surface area contributed by atoms with Crippen LogP contribution in [0.3, 0.4) is 0 Å². The van der Waals surface area contributed by atoms with Crippen molar-refractivity contribution in [2.45, 2.75) is 20.5 Å². The Kier molecular flexibility index (Phi) is 3.37. The molecule has 0 aliphatic rings. The number of hydrogen-bond donors (Lipinski definition) is 1. The maximum absolute atomic E-state index is 13.4. The Hall–Kier alpha value is -2.18. The second-order valence-corrected chi connectivity index (χ2v) is 4.01. The molecule has 7 heteroatoms. The number of halogens is 3. The van der Waals surface area contributed by atoms with Crippen LogP contribution in [-0.2, 0) is 0 Å². The highest BCUT2D eigenvalue weighted by atomic mass is 19.3. The van der Waals surface area contributed by atoms with Crippen LogP contribution in [0, 0.1) is 19.7 Å². The van der Waals surface area contributed by atoms with Gasteiger partial charge in [0.05, 0.1) is 23.4 Å². The molecule has 0 unspecified atom stereocenters. The number of anilines is 1. The van der Waals surface area contributed by atoms with Crippen LogP contribution in [0.1, 0.15) is 11.4 Å². The van der Waals surface area contributed by atoms with Crippen LogP contribution in [0.15, 0.2) is 18.5 Å².